The third-order valence-electron chi connectivity index (χ3n) is 2.64. The van der Waals surface area contributed by atoms with Crippen molar-refractivity contribution in [3.63, 3.8) is 0 Å². The molecule has 2 rings (SSSR count). The summed E-state index contributed by atoms with van der Waals surface area (Å²) in [6.07, 6.45) is 0. The van der Waals surface area contributed by atoms with Crippen LogP contribution in [0.3, 0.4) is 0 Å². The van der Waals surface area contributed by atoms with Gasteiger partial charge in [0.1, 0.15) is 0 Å². The van der Waals surface area contributed by atoms with Crippen molar-refractivity contribution in [3.8, 4) is 0 Å². The van der Waals surface area contributed by atoms with E-state index in [1.807, 2.05) is 36.4 Å². The molecule has 0 N–H and O–H groups in total. The first-order valence-corrected chi connectivity index (χ1v) is 6.17. The van der Waals surface area contributed by atoms with Crippen LogP contribution in [0.1, 0.15) is 17.0 Å². The fraction of sp³-hybridized carbons (Fsp3) is 0.143. The zero-order valence-corrected chi connectivity index (χ0v) is 9.69. The van der Waals surface area contributed by atoms with Gasteiger partial charge in [0.25, 0.3) is 0 Å². The second kappa shape index (κ2) is 5.52. The van der Waals surface area contributed by atoms with Crippen molar-refractivity contribution in [2.24, 2.45) is 0 Å². The maximum absolute atomic E-state index is 10.8. The summed E-state index contributed by atoms with van der Waals surface area (Å²) < 4.78 is 10.8. The molecule has 0 radical (unpaired) electrons. The highest BCUT2D eigenvalue weighted by Gasteiger charge is 2.19. The van der Waals surface area contributed by atoms with Crippen LogP contribution in [0.2, 0.25) is 0 Å². The van der Waals surface area contributed by atoms with Gasteiger partial charge in [-0.15, -0.1) is 0 Å². The molecule has 0 amide bonds. The largest absolute Gasteiger partial charge is 0.459 e. The van der Waals surface area contributed by atoms with E-state index in [1.165, 1.54) is 11.1 Å². The van der Waals surface area contributed by atoms with Crippen molar-refractivity contribution in [2.75, 3.05) is 5.75 Å². The summed E-state index contributed by atoms with van der Waals surface area (Å²) in [5.41, 5.74) is 2.41. The summed E-state index contributed by atoms with van der Waals surface area (Å²) in [5, 5.41) is 0. The van der Waals surface area contributed by atoms with E-state index >= 15 is 0 Å². The minimum Gasteiger partial charge on any atom is -0.0622 e. The van der Waals surface area contributed by atoms with Crippen LogP contribution in [-0.2, 0) is 15.9 Å². The lowest BCUT2D eigenvalue weighted by molar-refractivity contribution is 0.603. The molecule has 0 aromatic heterocycles. The van der Waals surface area contributed by atoms with Gasteiger partial charge in [0.15, 0.2) is 0 Å². The highest BCUT2D eigenvalue weighted by molar-refractivity contribution is 7.65. The average molecular weight is 229 g/mol. The molecule has 0 aliphatic rings. The van der Waals surface area contributed by atoms with Crippen LogP contribution in [0.25, 0.3) is 0 Å². The minimum absolute atomic E-state index is 0.199. The monoisotopic (exact) mass is 229 g/mol. The van der Waals surface area contributed by atoms with E-state index in [9.17, 15) is 4.21 Å². The van der Waals surface area contributed by atoms with Crippen LogP contribution in [0.4, 0.5) is 0 Å². The van der Waals surface area contributed by atoms with Gasteiger partial charge in [-0.25, -0.2) is 0 Å². The van der Waals surface area contributed by atoms with E-state index in [0.29, 0.717) is 17.4 Å². The fourth-order valence-corrected chi connectivity index (χ4v) is 2.34. The number of hydrogen-bond acceptors (Lipinski definition) is 1. The minimum atomic E-state index is 0.199. The molecule has 0 aliphatic heterocycles. The van der Waals surface area contributed by atoms with Gasteiger partial charge in [-0.3, -0.25) is 0 Å². The lowest BCUT2D eigenvalue weighted by Gasteiger charge is -2.10. The van der Waals surface area contributed by atoms with Gasteiger partial charge < -0.3 is 0 Å². The first-order valence-electron chi connectivity index (χ1n) is 5.26. The Balaban J connectivity index is 2.35. The van der Waals surface area contributed by atoms with Crippen LogP contribution in [0.5, 0.6) is 0 Å². The van der Waals surface area contributed by atoms with Gasteiger partial charge in [0, 0.05) is 4.21 Å². The van der Waals surface area contributed by atoms with Crippen molar-refractivity contribution in [1.29, 1.82) is 0 Å². The molecule has 0 saturated heterocycles. The van der Waals surface area contributed by atoms with E-state index in [-0.39, 0.29) is 5.92 Å². The molecule has 0 saturated carbocycles. The van der Waals surface area contributed by atoms with Crippen molar-refractivity contribution >= 4 is 11.7 Å². The number of benzene rings is 2. The summed E-state index contributed by atoms with van der Waals surface area (Å²) in [4.78, 5) is 0. The molecule has 0 spiro atoms. The van der Waals surface area contributed by atoms with E-state index < -0.39 is 0 Å². The Morgan fingerprint density at radius 1 is 0.812 bits per heavy atom. The Morgan fingerprint density at radius 3 is 1.62 bits per heavy atom. The topological polar surface area (TPSA) is 17.1 Å². The Morgan fingerprint density at radius 2 is 1.25 bits per heavy atom. The predicted molar refractivity (Wildman–Crippen MR) is 67.6 cm³/mol. The van der Waals surface area contributed by atoms with Crippen LogP contribution in [-0.4, -0.2) is 5.75 Å². The summed E-state index contributed by atoms with van der Waals surface area (Å²) in [6.45, 7) is 0. The van der Waals surface area contributed by atoms with Gasteiger partial charge in [-0.2, -0.15) is 0 Å². The number of rotatable bonds is 4. The molecule has 0 aliphatic carbocycles. The molecule has 0 unspecified atom stereocenters. The molecule has 1 nitrogen and oxygen atoms in total. The molecule has 2 aromatic carbocycles. The first-order chi connectivity index (χ1) is 7.92. The lowest BCUT2D eigenvalue weighted by Crippen LogP contribution is -2.05. The quantitative estimate of drug-likeness (QED) is 0.735. The smallest absolute Gasteiger partial charge is 0.0622 e. The lowest BCUT2D eigenvalue weighted by atomic mass is 9.93. The van der Waals surface area contributed by atoms with Gasteiger partial charge in [-0.05, 0) is 11.1 Å². The molecule has 0 fully saturated rings. The summed E-state index contributed by atoms with van der Waals surface area (Å²) in [6, 6.07) is 20.4. The first kappa shape index (κ1) is 11.0. The summed E-state index contributed by atoms with van der Waals surface area (Å²) in [5.74, 6) is 0.776. The average Bonchev–Trinajstić information content (AvgIpc) is 2.38. The Labute approximate surface area is 99.6 Å². The molecule has 0 bridgehead atoms. The second-order valence-electron chi connectivity index (χ2n) is 3.66. The summed E-state index contributed by atoms with van der Waals surface area (Å²) >= 11 is 0.649. The van der Waals surface area contributed by atoms with Gasteiger partial charge in [0.05, 0.1) is 5.92 Å². The van der Waals surface area contributed by atoms with E-state index in [0.717, 1.165) is 0 Å². The Hall–Kier alpha value is -1.54. The van der Waals surface area contributed by atoms with Crippen molar-refractivity contribution in [2.45, 2.75) is 5.92 Å². The Bertz CT molecular complexity index is 399. The molecule has 0 heterocycles. The molecule has 2 heteroatoms. The van der Waals surface area contributed by atoms with Crippen LogP contribution in [0.15, 0.2) is 60.7 Å². The Kier molecular flexibility index (Phi) is 3.78. The third-order valence-corrected chi connectivity index (χ3v) is 3.11. The standard InChI is InChI=1S/C14H13OS/c15-16-11-14(12-7-3-1-4-8-12)13-9-5-2-6-10-13/h1-10,14H,11H2/q+1. The molecule has 80 valence electrons. The molecular formula is C14H13OS+. The van der Waals surface area contributed by atoms with Crippen LogP contribution < -0.4 is 0 Å². The second-order valence-corrected chi connectivity index (χ2v) is 4.23. The highest BCUT2D eigenvalue weighted by Crippen LogP contribution is 2.23. The number of hydrogen-bond donors (Lipinski definition) is 0. The van der Waals surface area contributed by atoms with Gasteiger partial charge in [-0.1, -0.05) is 60.7 Å². The van der Waals surface area contributed by atoms with Crippen molar-refractivity contribution in [3.05, 3.63) is 71.8 Å². The zero-order valence-electron chi connectivity index (χ0n) is 8.87. The molecule has 0 atom stereocenters. The maximum Gasteiger partial charge on any atom is 0.459 e. The normalized spacial score (nSPS) is 10.3. The van der Waals surface area contributed by atoms with Crippen molar-refractivity contribution in [1.82, 2.24) is 0 Å². The van der Waals surface area contributed by atoms with Gasteiger partial charge >= 0.3 is 11.7 Å². The van der Waals surface area contributed by atoms with Crippen LogP contribution in [0, 0.1) is 0 Å². The van der Waals surface area contributed by atoms with Crippen LogP contribution >= 0.6 is 0 Å². The van der Waals surface area contributed by atoms with E-state index in [1.54, 1.807) is 0 Å². The zero-order chi connectivity index (χ0) is 11.2. The molecular weight excluding hydrogens is 216 g/mol. The predicted octanol–water partition coefficient (Wildman–Crippen LogP) is 3.25. The fourth-order valence-electron chi connectivity index (χ4n) is 1.82. The van der Waals surface area contributed by atoms with Crippen molar-refractivity contribution < 1.29 is 4.21 Å². The third kappa shape index (κ3) is 2.52. The molecule has 16 heavy (non-hydrogen) atoms. The van der Waals surface area contributed by atoms with E-state index in [2.05, 4.69) is 24.3 Å². The SMILES string of the molecule is O=[S+]CC(c1ccccc1)c1ccccc1. The molecule has 2 aromatic rings. The summed E-state index contributed by atoms with van der Waals surface area (Å²) in [7, 11) is 0. The van der Waals surface area contributed by atoms with E-state index in [4.69, 9.17) is 0 Å². The highest BCUT2D eigenvalue weighted by atomic mass is 32.1. The maximum atomic E-state index is 10.8. The van der Waals surface area contributed by atoms with Gasteiger partial charge in [0.2, 0.25) is 5.75 Å².